The molecule has 1 aliphatic rings. The predicted octanol–water partition coefficient (Wildman–Crippen LogP) is 2.33. The summed E-state index contributed by atoms with van der Waals surface area (Å²) >= 11 is 0. The van der Waals surface area contributed by atoms with Crippen LogP contribution >= 0.6 is 0 Å². The molecule has 0 aliphatic carbocycles. The predicted molar refractivity (Wildman–Crippen MR) is 89.1 cm³/mol. The lowest BCUT2D eigenvalue weighted by molar-refractivity contribution is 0.297. The fourth-order valence-electron chi connectivity index (χ4n) is 2.35. The molecule has 0 unspecified atom stereocenters. The minimum Gasteiger partial charge on any atom is -0.497 e. The third-order valence-corrected chi connectivity index (χ3v) is 5.03. The summed E-state index contributed by atoms with van der Waals surface area (Å²) in [6.45, 7) is 1.24. The maximum absolute atomic E-state index is 12.5. The Morgan fingerprint density at radius 3 is 2.67 bits per heavy atom. The first-order valence-corrected chi connectivity index (χ1v) is 9.09. The molecule has 0 fully saturated rings. The van der Waals surface area contributed by atoms with Crippen LogP contribution < -0.4 is 18.9 Å². The first kappa shape index (κ1) is 16.6. The second-order valence-corrected chi connectivity index (χ2v) is 7.10. The van der Waals surface area contributed by atoms with Crippen LogP contribution in [0.15, 0.2) is 47.4 Å². The molecule has 1 N–H and O–H groups in total. The number of nitrogens with one attached hydrogen (secondary N) is 1. The summed E-state index contributed by atoms with van der Waals surface area (Å²) in [6.07, 6.45) is 0.769. The van der Waals surface area contributed by atoms with Gasteiger partial charge in [0.25, 0.3) is 0 Å². The lowest BCUT2D eigenvalue weighted by atomic mass is 10.2. The van der Waals surface area contributed by atoms with E-state index in [9.17, 15) is 8.42 Å². The molecule has 0 saturated heterocycles. The van der Waals surface area contributed by atoms with Crippen LogP contribution in [0.3, 0.4) is 0 Å². The lowest BCUT2D eigenvalue weighted by Gasteiger charge is -2.11. The van der Waals surface area contributed by atoms with Gasteiger partial charge in [-0.2, -0.15) is 0 Å². The van der Waals surface area contributed by atoms with Crippen molar-refractivity contribution in [1.29, 1.82) is 0 Å². The van der Waals surface area contributed by atoms with Crippen LogP contribution in [-0.2, 0) is 16.6 Å². The zero-order valence-electron chi connectivity index (χ0n) is 13.3. The molecule has 6 nitrogen and oxygen atoms in total. The Morgan fingerprint density at radius 2 is 1.88 bits per heavy atom. The number of hydrogen-bond acceptors (Lipinski definition) is 5. The van der Waals surface area contributed by atoms with Crippen molar-refractivity contribution in [2.24, 2.45) is 0 Å². The van der Waals surface area contributed by atoms with Crippen LogP contribution in [0.4, 0.5) is 0 Å². The topological polar surface area (TPSA) is 73.9 Å². The van der Waals surface area contributed by atoms with E-state index in [4.69, 9.17) is 14.2 Å². The summed E-state index contributed by atoms with van der Waals surface area (Å²) in [5.74, 6) is 1.71. The number of rotatable bonds is 5. The number of methoxy groups -OCH3 is 1. The SMILES string of the molecule is COc1cccc(CNS(=O)(=O)c2ccc3c(c2)OCCCO3)c1. The summed E-state index contributed by atoms with van der Waals surface area (Å²) in [7, 11) is -2.08. The number of ether oxygens (including phenoxy) is 3. The number of fused-ring (bicyclic) bond motifs is 1. The normalized spacial score (nSPS) is 14.0. The van der Waals surface area contributed by atoms with Gasteiger partial charge in [0.1, 0.15) is 5.75 Å². The highest BCUT2D eigenvalue weighted by molar-refractivity contribution is 7.89. The van der Waals surface area contributed by atoms with Crippen LogP contribution in [0.1, 0.15) is 12.0 Å². The highest BCUT2D eigenvalue weighted by Crippen LogP contribution is 2.31. The van der Waals surface area contributed by atoms with Crippen molar-refractivity contribution < 1.29 is 22.6 Å². The standard InChI is InChI=1S/C17H19NO5S/c1-21-14-5-2-4-13(10-14)12-18-24(19,20)15-6-7-16-17(11-15)23-9-3-8-22-16/h2,4-7,10-11,18H,3,8-9,12H2,1H3. The highest BCUT2D eigenvalue weighted by Gasteiger charge is 2.18. The fourth-order valence-corrected chi connectivity index (χ4v) is 3.39. The van der Waals surface area contributed by atoms with Crippen molar-refractivity contribution in [1.82, 2.24) is 4.72 Å². The molecule has 0 saturated carbocycles. The molecule has 24 heavy (non-hydrogen) atoms. The van der Waals surface area contributed by atoms with Crippen LogP contribution in [0, 0.1) is 0 Å². The fraction of sp³-hybridized carbons (Fsp3) is 0.294. The van der Waals surface area contributed by atoms with Gasteiger partial charge in [0.2, 0.25) is 10.0 Å². The number of hydrogen-bond donors (Lipinski definition) is 1. The maximum Gasteiger partial charge on any atom is 0.241 e. The number of sulfonamides is 1. The average molecular weight is 349 g/mol. The van der Waals surface area contributed by atoms with Crippen molar-refractivity contribution in [3.63, 3.8) is 0 Å². The minimum absolute atomic E-state index is 0.148. The molecule has 128 valence electrons. The van der Waals surface area contributed by atoms with Crippen LogP contribution in [0.25, 0.3) is 0 Å². The Labute approximate surface area is 141 Å². The first-order chi connectivity index (χ1) is 11.6. The van der Waals surface area contributed by atoms with Crippen molar-refractivity contribution in [2.75, 3.05) is 20.3 Å². The van der Waals surface area contributed by atoms with Crippen molar-refractivity contribution >= 4 is 10.0 Å². The molecule has 0 aromatic heterocycles. The van der Waals surface area contributed by atoms with Gasteiger partial charge in [-0.3, -0.25) is 0 Å². The molecule has 0 bridgehead atoms. The Morgan fingerprint density at radius 1 is 1.08 bits per heavy atom. The maximum atomic E-state index is 12.5. The van der Waals surface area contributed by atoms with E-state index in [1.54, 1.807) is 19.2 Å². The Kier molecular flexibility index (Phi) is 4.92. The van der Waals surface area contributed by atoms with Gasteiger partial charge in [-0.25, -0.2) is 13.1 Å². The van der Waals surface area contributed by atoms with E-state index in [2.05, 4.69) is 4.72 Å². The molecule has 1 aliphatic heterocycles. The summed E-state index contributed by atoms with van der Waals surface area (Å²) in [6, 6.07) is 11.9. The third-order valence-electron chi connectivity index (χ3n) is 3.63. The largest absolute Gasteiger partial charge is 0.497 e. The molecule has 0 spiro atoms. The van der Waals surface area contributed by atoms with Gasteiger partial charge in [-0.05, 0) is 29.8 Å². The molecular formula is C17H19NO5S. The summed E-state index contributed by atoms with van der Waals surface area (Å²) in [5.41, 5.74) is 0.812. The third kappa shape index (κ3) is 3.80. The molecule has 3 rings (SSSR count). The van der Waals surface area contributed by atoms with Gasteiger partial charge < -0.3 is 14.2 Å². The number of benzene rings is 2. The Bertz CT molecular complexity index is 819. The van der Waals surface area contributed by atoms with Crippen LogP contribution in [-0.4, -0.2) is 28.7 Å². The first-order valence-electron chi connectivity index (χ1n) is 7.61. The van der Waals surface area contributed by atoms with E-state index in [0.717, 1.165) is 12.0 Å². The second kappa shape index (κ2) is 7.11. The lowest BCUT2D eigenvalue weighted by Crippen LogP contribution is -2.23. The molecule has 0 atom stereocenters. The van der Waals surface area contributed by atoms with Gasteiger partial charge in [0.15, 0.2) is 11.5 Å². The van der Waals surface area contributed by atoms with E-state index in [1.807, 2.05) is 18.2 Å². The quantitative estimate of drug-likeness (QED) is 0.897. The molecule has 2 aromatic carbocycles. The zero-order valence-corrected chi connectivity index (χ0v) is 14.1. The van der Waals surface area contributed by atoms with E-state index < -0.39 is 10.0 Å². The van der Waals surface area contributed by atoms with E-state index in [1.165, 1.54) is 12.1 Å². The molecule has 0 radical (unpaired) electrons. The van der Waals surface area contributed by atoms with Gasteiger partial charge in [-0.1, -0.05) is 12.1 Å². The smallest absolute Gasteiger partial charge is 0.241 e. The summed E-state index contributed by atoms with van der Waals surface area (Å²) in [5, 5.41) is 0. The van der Waals surface area contributed by atoms with Crippen LogP contribution in [0.5, 0.6) is 17.2 Å². The van der Waals surface area contributed by atoms with E-state index in [0.29, 0.717) is 30.5 Å². The van der Waals surface area contributed by atoms with Gasteiger partial charge in [-0.15, -0.1) is 0 Å². The monoisotopic (exact) mass is 349 g/mol. The van der Waals surface area contributed by atoms with Crippen molar-refractivity contribution in [3.8, 4) is 17.2 Å². The summed E-state index contributed by atoms with van der Waals surface area (Å²) < 4.78 is 43.8. The van der Waals surface area contributed by atoms with Gasteiger partial charge >= 0.3 is 0 Å². The molecular weight excluding hydrogens is 330 g/mol. The van der Waals surface area contributed by atoms with Crippen LogP contribution in [0.2, 0.25) is 0 Å². The van der Waals surface area contributed by atoms with E-state index >= 15 is 0 Å². The molecule has 2 aromatic rings. The summed E-state index contributed by atoms with van der Waals surface area (Å²) in [4.78, 5) is 0.148. The Hall–Kier alpha value is -2.25. The zero-order chi connectivity index (χ0) is 17.0. The average Bonchev–Trinajstić information content (AvgIpc) is 2.85. The van der Waals surface area contributed by atoms with Crippen molar-refractivity contribution in [2.45, 2.75) is 17.9 Å². The molecule has 1 heterocycles. The Balaban J connectivity index is 1.76. The molecule has 0 amide bonds. The second-order valence-electron chi connectivity index (χ2n) is 5.34. The highest BCUT2D eigenvalue weighted by atomic mass is 32.2. The van der Waals surface area contributed by atoms with Gasteiger partial charge in [0.05, 0.1) is 25.2 Å². The van der Waals surface area contributed by atoms with Gasteiger partial charge in [0, 0.05) is 19.0 Å². The van der Waals surface area contributed by atoms with E-state index in [-0.39, 0.29) is 11.4 Å². The minimum atomic E-state index is -3.65. The van der Waals surface area contributed by atoms with Crippen molar-refractivity contribution in [3.05, 3.63) is 48.0 Å². The molecule has 7 heteroatoms.